The number of hydrogen-bond donors (Lipinski definition) is 3. The van der Waals surface area contributed by atoms with Crippen LogP contribution in [0.2, 0.25) is 5.02 Å². The Labute approximate surface area is 179 Å². The van der Waals surface area contributed by atoms with Crippen LogP contribution in [0.5, 0.6) is 0 Å². The summed E-state index contributed by atoms with van der Waals surface area (Å²) in [6.45, 7) is 6.20. The number of rotatable bonds is 9. The first-order chi connectivity index (χ1) is 14.1. The zero-order chi connectivity index (χ0) is 22.4. The molecule has 2 rings (SSSR count). The molecule has 9 nitrogen and oxygen atoms in total. The van der Waals surface area contributed by atoms with E-state index in [1.165, 1.54) is 16.6 Å². The lowest BCUT2D eigenvalue weighted by Crippen LogP contribution is -2.44. The van der Waals surface area contributed by atoms with Gasteiger partial charge in [-0.15, -0.1) is 0 Å². The molecule has 0 saturated heterocycles. The largest absolute Gasteiger partial charge is 0.383 e. The minimum atomic E-state index is -0.722. The van der Waals surface area contributed by atoms with Gasteiger partial charge in [0.15, 0.2) is 5.69 Å². The molecule has 1 amide bonds. The number of aromatic nitrogens is 2. The highest BCUT2D eigenvalue weighted by Crippen LogP contribution is 2.21. The Morgan fingerprint density at radius 3 is 2.67 bits per heavy atom. The first kappa shape index (κ1) is 23.5. The van der Waals surface area contributed by atoms with E-state index in [1.807, 2.05) is 26.8 Å². The second-order valence-electron chi connectivity index (χ2n) is 7.35. The van der Waals surface area contributed by atoms with Crippen molar-refractivity contribution in [3.05, 3.63) is 49.6 Å². The molecule has 1 aromatic carbocycles. The number of H-pyrrole nitrogens is 1. The second kappa shape index (κ2) is 10.3. The zero-order valence-corrected chi connectivity index (χ0v) is 18.4. The number of nitrogen functional groups attached to an aromatic ring is 1. The van der Waals surface area contributed by atoms with Gasteiger partial charge in [-0.2, -0.15) is 0 Å². The Morgan fingerprint density at radius 1 is 1.37 bits per heavy atom. The van der Waals surface area contributed by atoms with E-state index in [4.69, 9.17) is 22.1 Å². The number of amides is 1. The molecule has 2 aromatic rings. The van der Waals surface area contributed by atoms with E-state index in [2.05, 4.69) is 10.3 Å². The summed E-state index contributed by atoms with van der Waals surface area (Å²) in [6, 6.07) is 5.36. The van der Waals surface area contributed by atoms with Crippen LogP contribution >= 0.6 is 11.6 Å². The van der Waals surface area contributed by atoms with Gasteiger partial charge in [-0.1, -0.05) is 31.5 Å². The molecule has 0 unspecified atom stereocenters. The van der Waals surface area contributed by atoms with Crippen LogP contribution in [0, 0.1) is 12.8 Å². The molecule has 0 spiro atoms. The van der Waals surface area contributed by atoms with Gasteiger partial charge < -0.3 is 20.7 Å². The van der Waals surface area contributed by atoms with Crippen LogP contribution in [0.25, 0.3) is 0 Å². The molecule has 4 N–H and O–H groups in total. The first-order valence-corrected chi connectivity index (χ1v) is 9.95. The van der Waals surface area contributed by atoms with Crippen LogP contribution in [0.15, 0.2) is 27.8 Å². The maximum absolute atomic E-state index is 13.0. The van der Waals surface area contributed by atoms with Crippen molar-refractivity contribution in [1.29, 1.82) is 0 Å². The van der Waals surface area contributed by atoms with Crippen molar-refractivity contribution >= 4 is 34.7 Å². The number of hydrogen-bond acceptors (Lipinski definition) is 6. The summed E-state index contributed by atoms with van der Waals surface area (Å²) in [6.07, 6.45) is 0. The van der Waals surface area contributed by atoms with Crippen molar-refractivity contribution in [3.63, 3.8) is 0 Å². The van der Waals surface area contributed by atoms with Gasteiger partial charge in [-0.3, -0.25) is 19.1 Å². The molecule has 164 valence electrons. The summed E-state index contributed by atoms with van der Waals surface area (Å²) >= 11 is 6.13. The average molecular weight is 438 g/mol. The standard InChI is InChI=1S/C20H28ClN5O4/c1-12(2)11-26-18(22)17(19(28)24-20(26)29)25(7-8-30-4)16(27)10-23-14-6-5-13(3)15(21)9-14/h5-6,9,12,23H,7-8,10-11,22H2,1-4H3,(H,24,28,29). The third-order valence-corrected chi connectivity index (χ3v) is 4.87. The van der Waals surface area contributed by atoms with Gasteiger partial charge in [0.1, 0.15) is 5.82 Å². The Kier molecular flexibility index (Phi) is 8.08. The number of nitrogens with zero attached hydrogens (tertiary/aromatic N) is 2. The average Bonchev–Trinajstić information content (AvgIpc) is 2.68. The number of carbonyl (C=O) groups is 1. The molecule has 1 aromatic heterocycles. The highest BCUT2D eigenvalue weighted by atomic mass is 35.5. The lowest BCUT2D eigenvalue weighted by atomic mass is 10.2. The number of aromatic amines is 1. The van der Waals surface area contributed by atoms with Crippen molar-refractivity contribution in [3.8, 4) is 0 Å². The highest BCUT2D eigenvalue weighted by Gasteiger charge is 2.24. The normalized spacial score (nSPS) is 11.0. The number of nitrogens with one attached hydrogen (secondary N) is 2. The number of ether oxygens (including phenoxy) is 1. The third kappa shape index (κ3) is 5.64. The predicted molar refractivity (Wildman–Crippen MR) is 119 cm³/mol. The van der Waals surface area contributed by atoms with Crippen molar-refractivity contribution in [1.82, 2.24) is 9.55 Å². The van der Waals surface area contributed by atoms with Crippen LogP contribution in [0.1, 0.15) is 19.4 Å². The predicted octanol–water partition coefficient (Wildman–Crippen LogP) is 1.83. The molecule has 0 atom stereocenters. The molecule has 0 aliphatic rings. The van der Waals surface area contributed by atoms with Crippen molar-refractivity contribution in [2.75, 3.05) is 42.8 Å². The first-order valence-electron chi connectivity index (χ1n) is 9.57. The fourth-order valence-corrected chi connectivity index (χ4v) is 3.08. The fraction of sp³-hybridized carbons (Fsp3) is 0.450. The lowest BCUT2D eigenvalue weighted by Gasteiger charge is -2.25. The van der Waals surface area contributed by atoms with Gasteiger partial charge >= 0.3 is 5.69 Å². The van der Waals surface area contributed by atoms with Gasteiger partial charge in [-0.25, -0.2) is 4.79 Å². The van der Waals surface area contributed by atoms with E-state index in [0.29, 0.717) is 17.3 Å². The number of benzene rings is 1. The van der Waals surface area contributed by atoms with Crippen molar-refractivity contribution in [2.24, 2.45) is 5.92 Å². The third-order valence-electron chi connectivity index (χ3n) is 4.47. The van der Waals surface area contributed by atoms with Crippen LogP contribution in [-0.4, -0.2) is 42.3 Å². The van der Waals surface area contributed by atoms with E-state index in [-0.39, 0.29) is 37.1 Å². The zero-order valence-electron chi connectivity index (χ0n) is 17.6. The summed E-state index contributed by atoms with van der Waals surface area (Å²) in [5.74, 6) is -0.351. The summed E-state index contributed by atoms with van der Waals surface area (Å²) < 4.78 is 6.35. The van der Waals surface area contributed by atoms with E-state index in [1.54, 1.807) is 12.1 Å². The monoisotopic (exact) mass is 437 g/mol. The summed E-state index contributed by atoms with van der Waals surface area (Å²) in [5.41, 5.74) is 6.34. The summed E-state index contributed by atoms with van der Waals surface area (Å²) in [7, 11) is 1.49. The van der Waals surface area contributed by atoms with E-state index >= 15 is 0 Å². The molecule has 0 bridgehead atoms. The molecule has 0 aliphatic carbocycles. The van der Waals surface area contributed by atoms with E-state index < -0.39 is 17.2 Å². The number of methoxy groups -OCH3 is 1. The van der Waals surface area contributed by atoms with E-state index in [9.17, 15) is 14.4 Å². The van der Waals surface area contributed by atoms with Gasteiger partial charge in [0.25, 0.3) is 5.56 Å². The highest BCUT2D eigenvalue weighted by molar-refractivity contribution is 6.31. The molecule has 0 saturated carbocycles. The van der Waals surface area contributed by atoms with E-state index in [0.717, 1.165) is 5.56 Å². The van der Waals surface area contributed by atoms with Crippen LogP contribution in [0.3, 0.4) is 0 Å². The number of nitrogens with two attached hydrogens (primary N) is 1. The molecule has 1 heterocycles. The molecular formula is C20H28ClN5O4. The number of halogens is 1. The maximum atomic E-state index is 13.0. The Bertz CT molecular complexity index is 1020. The SMILES string of the molecule is COCCN(C(=O)CNc1ccc(C)c(Cl)c1)c1c(N)n(CC(C)C)c(=O)[nH]c1=O. The molecule has 10 heteroatoms. The van der Waals surface area contributed by atoms with Crippen molar-refractivity contribution in [2.45, 2.75) is 27.3 Å². The second-order valence-corrected chi connectivity index (χ2v) is 7.76. The Balaban J connectivity index is 2.36. The molecule has 0 aliphatic heterocycles. The fourth-order valence-electron chi connectivity index (χ4n) is 2.90. The quantitative estimate of drug-likeness (QED) is 0.550. The summed E-state index contributed by atoms with van der Waals surface area (Å²) in [5, 5.41) is 3.57. The Hall–Kier alpha value is -2.78. The van der Waals surface area contributed by atoms with Crippen molar-refractivity contribution < 1.29 is 9.53 Å². The number of anilines is 3. The molecule has 0 radical (unpaired) electrons. The smallest absolute Gasteiger partial charge is 0.330 e. The maximum Gasteiger partial charge on any atom is 0.330 e. The minimum absolute atomic E-state index is 0.0553. The Morgan fingerprint density at radius 2 is 2.07 bits per heavy atom. The minimum Gasteiger partial charge on any atom is -0.383 e. The van der Waals surface area contributed by atoms with Gasteiger partial charge in [0, 0.05) is 30.9 Å². The van der Waals surface area contributed by atoms with Gasteiger partial charge in [0.2, 0.25) is 5.91 Å². The van der Waals surface area contributed by atoms with Gasteiger partial charge in [-0.05, 0) is 30.5 Å². The molecule has 30 heavy (non-hydrogen) atoms. The molecular weight excluding hydrogens is 410 g/mol. The van der Waals surface area contributed by atoms with Crippen LogP contribution < -0.4 is 27.2 Å². The molecule has 0 fully saturated rings. The van der Waals surface area contributed by atoms with Crippen LogP contribution in [-0.2, 0) is 16.1 Å². The van der Waals surface area contributed by atoms with Crippen LogP contribution in [0.4, 0.5) is 17.2 Å². The topological polar surface area (TPSA) is 122 Å². The number of carbonyl (C=O) groups excluding carboxylic acids is 1. The number of aryl methyl sites for hydroxylation is 1. The lowest BCUT2D eigenvalue weighted by molar-refractivity contribution is -0.117. The summed E-state index contributed by atoms with van der Waals surface area (Å²) in [4.78, 5) is 41.2. The van der Waals surface area contributed by atoms with Gasteiger partial charge in [0.05, 0.1) is 13.2 Å².